The van der Waals surface area contributed by atoms with Gasteiger partial charge in [0.1, 0.15) is 5.75 Å². The first-order chi connectivity index (χ1) is 11.2. The van der Waals surface area contributed by atoms with Gasteiger partial charge in [0.25, 0.3) is 0 Å². The topological polar surface area (TPSA) is 84.5 Å². The van der Waals surface area contributed by atoms with Crippen molar-refractivity contribution < 1.29 is 26.7 Å². The highest BCUT2D eigenvalue weighted by Gasteiger charge is 2.48. The number of piperidine rings is 1. The lowest BCUT2D eigenvalue weighted by atomic mass is 9.95. The van der Waals surface area contributed by atoms with Gasteiger partial charge < -0.3 is 15.4 Å². The van der Waals surface area contributed by atoms with Crippen LogP contribution in [0.2, 0.25) is 5.02 Å². The summed E-state index contributed by atoms with van der Waals surface area (Å²) in [6, 6.07) is 3.73. The Labute approximate surface area is 155 Å². The first kappa shape index (κ1) is 21.9. The molecule has 0 spiro atoms. The van der Waals surface area contributed by atoms with Crippen LogP contribution in [0.15, 0.2) is 18.2 Å². The van der Waals surface area contributed by atoms with Gasteiger partial charge in [-0.3, -0.25) is 4.79 Å². The minimum Gasteiger partial charge on any atom is -0.433 e. The van der Waals surface area contributed by atoms with Crippen molar-refractivity contribution in [2.45, 2.75) is 24.2 Å². The summed E-state index contributed by atoms with van der Waals surface area (Å²) in [5.41, 5.74) is 0.202. The molecule has 11 heteroatoms. The molecule has 1 amide bonds. The Hall–Kier alpha value is -1.16. The van der Waals surface area contributed by atoms with Crippen LogP contribution in [0.5, 0.6) is 5.75 Å². The number of hydrogen-bond acceptors (Lipinski definition) is 5. The van der Waals surface area contributed by atoms with Crippen molar-refractivity contribution in [2.75, 3.05) is 24.7 Å². The average molecular weight is 419 g/mol. The SMILES string of the molecule is CS(=O)(=O)C1(C(=O)Nc2ccc(OC(F)F)c(Cl)c2)CCNCC1.Cl. The van der Waals surface area contributed by atoms with Gasteiger partial charge in [0, 0.05) is 11.9 Å². The van der Waals surface area contributed by atoms with Crippen molar-refractivity contribution in [3.8, 4) is 5.75 Å². The predicted molar refractivity (Wildman–Crippen MR) is 93.6 cm³/mol. The van der Waals surface area contributed by atoms with Crippen LogP contribution in [0.3, 0.4) is 0 Å². The van der Waals surface area contributed by atoms with Crippen LogP contribution in [0.4, 0.5) is 14.5 Å². The summed E-state index contributed by atoms with van der Waals surface area (Å²) in [4.78, 5) is 12.6. The highest BCUT2D eigenvalue weighted by atomic mass is 35.5. The summed E-state index contributed by atoms with van der Waals surface area (Å²) < 4.78 is 51.4. The Morgan fingerprint density at radius 3 is 2.44 bits per heavy atom. The van der Waals surface area contributed by atoms with E-state index in [0.29, 0.717) is 13.1 Å². The molecule has 1 aliphatic rings. The monoisotopic (exact) mass is 418 g/mol. The van der Waals surface area contributed by atoms with E-state index < -0.39 is 27.1 Å². The molecule has 1 aliphatic heterocycles. The number of alkyl halides is 2. The lowest BCUT2D eigenvalue weighted by Gasteiger charge is -2.34. The van der Waals surface area contributed by atoms with E-state index in [1.807, 2.05) is 0 Å². The predicted octanol–water partition coefficient (Wildman–Crippen LogP) is 2.47. The number of benzene rings is 1. The van der Waals surface area contributed by atoms with E-state index in [-0.39, 0.29) is 41.7 Å². The maximum absolute atomic E-state index is 12.6. The lowest BCUT2D eigenvalue weighted by Crippen LogP contribution is -2.55. The van der Waals surface area contributed by atoms with Crippen LogP contribution >= 0.6 is 24.0 Å². The second-order valence-electron chi connectivity index (χ2n) is 5.49. The smallest absolute Gasteiger partial charge is 0.387 e. The zero-order chi connectivity index (χ0) is 18.0. The van der Waals surface area contributed by atoms with Gasteiger partial charge in [0.2, 0.25) is 5.91 Å². The van der Waals surface area contributed by atoms with Gasteiger partial charge in [0.05, 0.1) is 5.02 Å². The first-order valence-electron chi connectivity index (χ1n) is 7.12. The van der Waals surface area contributed by atoms with Crippen LogP contribution in [-0.2, 0) is 14.6 Å². The molecule has 1 fully saturated rings. The minimum absolute atomic E-state index is 0. The van der Waals surface area contributed by atoms with Crippen molar-refractivity contribution in [2.24, 2.45) is 0 Å². The van der Waals surface area contributed by atoms with Crippen LogP contribution in [0, 0.1) is 0 Å². The van der Waals surface area contributed by atoms with Gasteiger partial charge in [-0.15, -0.1) is 12.4 Å². The largest absolute Gasteiger partial charge is 0.433 e. The molecule has 1 aromatic carbocycles. The second kappa shape index (κ2) is 8.48. The van der Waals surface area contributed by atoms with Crippen LogP contribution in [0.1, 0.15) is 12.8 Å². The molecule has 2 N–H and O–H groups in total. The number of anilines is 1. The molecule has 25 heavy (non-hydrogen) atoms. The van der Waals surface area contributed by atoms with E-state index in [1.165, 1.54) is 18.2 Å². The van der Waals surface area contributed by atoms with Crippen molar-refractivity contribution in [3.63, 3.8) is 0 Å². The van der Waals surface area contributed by atoms with E-state index in [2.05, 4.69) is 15.4 Å². The van der Waals surface area contributed by atoms with Crippen molar-refractivity contribution in [1.82, 2.24) is 5.32 Å². The maximum atomic E-state index is 12.6. The third kappa shape index (κ3) is 4.93. The van der Waals surface area contributed by atoms with Crippen LogP contribution in [-0.4, -0.2) is 45.0 Å². The van der Waals surface area contributed by atoms with Gasteiger partial charge in [-0.2, -0.15) is 8.78 Å². The summed E-state index contributed by atoms with van der Waals surface area (Å²) in [5, 5.41) is 5.40. The van der Waals surface area contributed by atoms with Gasteiger partial charge >= 0.3 is 6.61 Å². The molecular weight excluding hydrogens is 401 g/mol. The van der Waals surface area contributed by atoms with Crippen LogP contribution < -0.4 is 15.4 Å². The van der Waals surface area contributed by atoms with E-state index in [0.717, 1.165) is 6.26 Å². The third-order valence-electron chi connectivity index (χ3n) is 3.94. The normalized spacial score (nSPS) is 16.8. The van der Waals surface area contributed by atoms with Crippen molar-refractivity contribution >= 4 is 45.4 Å². The number of carbonyl (C=O) groups excluding carboxylic acids is 1. The van der Waals surface area contributed by atoms with Gasteiger partial charge in [0.15, 0.2) is 14.6 Å². The second-order valence-corrected chi connectivity index (χ2v) is 8.23. The molecule has 1 saturated heterocycles. The average Bonchev–Trinajstić information content (AvgIpc) is 2.49. The summed E-state index contributed by atoms with van der Waals surface area (Å²) in [7, 11) is -3.65. The molecule has 0 aromatic heterocycles. The molecular formula is C14H18Cl2F2N2O4S. The molecule has 1 aromatic rings. The van der Waals surface area contributed by atoms with Crippen molar-refractivity contribution in [1.29, 1.82) is 0 Å². The Morgan fingerprint density at radius 2 is 1.96 bits per heavy atom. The number of halogens is 4. The summed E-state index contributed by atoms with van der Waals surface area (Å²) in [6.07, 6.45) is 1.33. The van der Waals surface area contributed by atoms with E-state index >= 15 is 0 Å². The lowest BCUT2D eigenvalue weighted by molar-refractivity contribution is -0.119. The standard InChI is InChI=1S/C14H17ClF2N2O4S.ClH/c1-24(21,22)14(4-6-18-7-5-14)12(20)19-9-2-3-11(10(15)8-9)23-13(16)17;/h2-3,8,13,18H,4-7H2,1H3,(H,19,20);1H. The van der Waals surface area contributed by atoms with Crippen molar-refractivity contribution in [3.05, 3.63) is 23.2 Å². The first-order valence-corrected chi connectivity index (χ1v) is 9.39. The summed E-state index contributed by atoms with van der Waals surface area (Å²) in [5.74, 6) is -0.894. The zero-order valence-electron chi connectivity index (χ0n) is 13.2. The maximum Gasteiger partial charge on any atom is 0.387 e. The van der Waals surface area contributed by atoms with Gasteiger partial charge in [-0.1, -0.05) is 11.6 Å². The Kier molecular flexibility index (Phi) is 7.42. The molecule has 0 saturated carbocycles. The Morgan fingerprint density at radius 1 is 1.36 bits per heavy atom. The quantitative estimate of drug-likeness (QED) is 0.766. The fourth-order valence-corrected chi connectivity index (χ4v) is 4.17. The fourth-order valence-electron chi connectivity index (χ4n) is 2.61. The van der Waals surface area contributed by atoms with E-state index in [9.17, 15) is 22.0 Å². The number of sulfone groups is 1. The van der Waals surface area contributed by atoms with Crippen LogP contribution in [0.25, 0.3) is 0 Å². The minimum atomic E-state index is -3.65. The van der Waals surface area contributed by atoms with Gasteiger partial charge in [-0.05, 0) is 44.1 Å². The zero-order valence-corrected chi connectivity index (χ0v) is 15.6. The number of rotatable bonds is 5. The molecule has 1 heterocycles. The number of carbonyl (C=O) groups is 1. The summed E-state index contributed by atoms with van der Waals surface area (Å²) in [6.45, 7) is -2.21. The number of amides is 1. The molecule has 142 valence electrons. The molecule has 0 aliphatic carbocycles. The van der Waals surface area contributed by atoms with E-state index in [4.69, 9.17) is 11.6 Å². The molecule has 0 radical (unpaired) electrons. The highest BCUT2D eigenvalue weighted by molar-refractivity contribution is 7.92. The highest BCUT2D eigenvalue weighted by Crippen LogP contribution is 2.32. The summed E-state index contributed by atoms with van der Waals surface area (Å²) >= 11 is 5.83. The molecule has 0 atom stereocenters. The molecule has 0 unspecified atom stereocenters. The molecule has 2 rings (SSSR count). The number of ether oxygens (including phenoxy) is 1. The molecule has 0 bridgehead atoms. The molecule has 6 nitrogen and oxygen atoms in total. The number of nitrogens with one attached hydrogen (secondary N) is 2. The fraction of sp³-hybridized carbons (Fsp3) is 0.500. The Balaban J connectivity index is 0.00000312. The third-order valence-corrected chi connectivity index (χ3v) is 6.25. The van der Waals surface area contributed by atoms with Gasteiger partial charge in [-0.25, -0.2) is 8.42 Å². The number of hydrogen-bond donors (Lipinski definition) is 2. The van der Waals surface area contributed by atoms with E-state index in [1.54, 1.807) is 0 Å². The Bertz CT molecular complexity index is 726.